The van der Waals surface area contributed by atoms with Crippen LogP contribution in [0.5, 0.6) is 0 Å². The van der Waals surface area contributed by atoms with Crippen molar-refractivity contribution in [3.63, 3.8) is 0 Å². The van der Waals surface area contributed by atoms with Crippen LogP contribution >= 0.6 is 0 Å². The van der Waals surface area contributed by atoms with E-state index in [0.717, 1.165) is 5.69 Å². The molecule has 1 fully saturated rings. The molecule has 1 aliphatic heterocycles. The molecule has 2 aromatic rings. The lowest BCUT2D eigenvalue weighted by molar-refractivity contribution is -0.121. The van der Waals surface area contributed by atoms with E-state index >= 15 is 0 Å². The molecule has 1 aromatic heterocycles. The third kappa shape index (κ3) is 5.37. The number of hydrogen-bond donors (Lipinski definition) is 1. The van der Waals surface area contributed by atoms with Gasteiger partial charge in [-0.3, -0.25) is 13.9 Å². The Hall–Kier alpha value is -3.30. The number of ether oxygens (including phenoxy) is 1. The van der Waals surface area contributed by atoms with Crippen molar-refractivity contribution in [2.45, 2.75) is 45.3 Å². The lowest BCUT2D eigenvalue weighted by Gasteiger charge is -2.36. The minimum Gasteiger partial charge on any atom is -0.444 e. The highest BCUT2D eigenvalue weighted by atomic mass is 16.6. The van der Waals surface area contributed by atoms with Crippen LogP contribution in [0, 0.1) is 0 Å². The fourth-order valence-corrected chi connectivity index (χ4v) is 4.00. The summed E-state index contributed by atoms with van der Waals surface area (Å²) in [6.07, 6.45) is 0.807. The van der Waals surface area contributed by atoms with Gasteiger partial charge in [-0.1, -0.05) is 0 Å². The molecule has 1 atom stereocenters. The van der Waals surface area contributed by atoms with Crippen molar-refractivity contribution in [2.75, 3.05) is 38.1 Å². The van der Waals surface area contributed by atoms with Gasteiger partial charge in [-0.15, -0.1) is 0 Å². The van der Waals surface area contributed by atoms with E-state index in [1.807, 2.05) is 39.0 Å². The zero-order chi connectivity index (χ0) is 24.3. The molecule has 2 amide bonds. The summed E-state index contributed by atoms with van der Waals surface area (Å²) in [6, 6.07) is 4.96. The molecule has 0 bridgehead atoms. The number of rotatable bonds is 6. The number of carbonyl (C=O) groups is 3. The number of aldehydes is 1. The summed E-state index contributed by atoms with van der Waals surface area (Å²) >= 11 is 0. The maximum atomic E-state index is 12.9. The van der Waals surface area contributed by atoms with Gasteiger partial charge in [0.2, 0.25) is 5.91 Å². The third-order valence-corrected chi connectivity index (χ3v) is 5.80. The molecule has 2 heterocycles. The number of hydrogen-bond acceptors (Lipinski definition) is 6. The van der Waals surface area contributed by atoms with E-state index in [9.17, 15) is 19.2 Å². The number of carbonyl (C=O) groups excluding carboxylic acids is 3. The van der Waals surface area contributed by atoms with Gasteiger partial charge >= 0.3 is 11.8 Å². The van der Waals surface area contributed by atoms with Crippen LogP contribution in [0.3, 0.4) is 0 Å². The van der Waals surface area contributed by atoms with Crippen LogP contribution in [0.25, 0.3) is 11.0 Å². The van der Waals surface area contributed by atoms with Gasteiger partial charge in [0.05, 0.1) is 17.1 Å². The third-order valence-electron chi connectivity index (χ3n) is 5.80. The number of imidazole rings is 1. The van der Waals surface area contributed by atoms with Crippen LogP contribution in [0.2, 0.25) is 0 Å². The van der Waals surface area contributed by atoms with Crippen LogP contribution in [0.1, 0.15) is 39.7 Å². The number of nitrogens with zero attached hydrogens (tertiary/aromatic N) is 4. The Morgan fingerprint density at radius 2 is 1.82 bits per heavy atom. The van der Waals surface area contributed by atoms with E-state index in [4.69, 9.17) is 4.74 Å². The second-order valence-electron chi connectivity index (χ2n) is 9.25. The molecule has 0 saturated carbocycles. The molecular formula is C23H33N5O5. The normalized spacial score (nSPS) is 15.4. The topological polar surface area (TPSA) is 106 Å². The Bertz CT molecular complexity index is 1090. The van der Waals surface area contributed by atoms with Crippen LogP contribution in [-0.2, 0) is 21.4 Å². The molecule has 10 heteroatoms. The molecule has 1 aliphatic rings. The van der Waals surface area contributed by atoms with Crippen LogP contribution in [0.15, 0.2) is 23.0 Å². The van der Waals surface area contributed by atoms with Gasteiger partial charge in [0.25, 0.3) is 0 Å². The number of amides is 2. The fraction of sp³-hybridized carbons (Fsp3) is 0.565. The molecule has 3 rings (SSSR count). The van der Waals surface area contributed by atoms with Crippen molar-refractivity contribution in [3.05, 3.63) is 28.7 Å². The number of benzene rings is 1. The van der Waals surface area contributed by atoms with E-state index < -0.39 is 11.6 Å². The van der Waals surface area contributed by atoms with Crippen LogP contribution in [-0.4, -0.2) is 71.1 Å². The first kappa shape index (κ1) is 24.3. The summed E-state index contributed by atoms with van der Waals surface area (Å²) in [4.78, 5) is 52.5. The minimum absolute atomic E-state index is 0.155. The van der Waals surface area contributed by atoms with Crippen LogP contribution < -0.4 is 15.9 Å². The number of aromatic nitrogens is 2. The Labute approximate surface area is 193 Å². The Morgan fingerprint density at radius 3 is 2.39 bits per heavy atom. The number of fused-ring (bicyclic) bond motifs is 1. The lowest BCUT2D eigenvalue weighted by atomic mass is 10.1. The lowest BCUT2D eigenvalue weighted by Crippen LogP contribution is -2.50. The first-order valence-electron chi connectivity index (χ1n) is 11.2. The Morgan fingerprint density at radius 1 is 1.15 bits per heavy atom. The second-order valence-corrected chi connectivity index (χ2v) is 9.25. The highest BCUT2D eigenvalue weighted by Gasteiger charge is 2.27. The predicted molar refractivity (Wildman–Crippen MR) is 126 cm³/mol. The molecule has 1 aromatic carbocycles. The molecule has 0 spiro atoms. The van der Waals surface area contributed by atoms with Gasteiger partial charge in [-0.05, 0) is 45.4 Å². The maximum Gasteiger partial charge on any atom is 0.410 e. The molecular weight excluding hydrogens is 426 g/mol. The number of anilines is 1. The van der Waals surface area contributed by atoms with Crippen molar-refractivity contribution in [1.29, 1.82) is 0 Å². The largest absolute Gasteiger partial charge is 0.444 e. The van der Waals surface area contributed by atoms with Gasteiger partial charge < -0.3 is 24.6 Å². The zero-order valence-corrected chi connectivity index (χ0v) is 20.0. The first-order valence-corrected chi connectivity index (χ1v) is 11.2. The van der Waals surface area contributed by atoms with Crippen molar-refractivity contribution in [1.82, 2.24) is 19.4 Å². The number of aryl methyl sites for hydroxylation is 1. The minimum atomic E-state index is -0.721. The van der Waals surface area contributed by atoms with E-state index in [-0.39, 0.29) is 30.5 Å². The first-order chi connectivity index (χ1) is 15.6. The van der Waals surface area contributed by atoms with Crippen molar-refractivity contribution < 1.29 is 19.1 Å². The molecule has 1 saturated heterocycles. The SMILES string of the molecule is CNC(=O)CCC(C=O)n1c(=O)n(C)c2cc(N3CCN(C(=O)OC(C)(C)C)CC3)ccc21. The molecule has 0 aliphatic carbocycles. The van der Waals surface area contributed by atoms with Gasteiger partial charge in [0, 0.05) is 52.4 Å². The van der Waals surface area contributed by atoms with Crippen molar-refractivity contribution in [2.24, 2.45) is 7.05 Å². The van der Waals surface area contributed by atoms with Gasteiger partial charge in [0.1, 0.15) is 11.9 Å². The second kappa shape index (κ2) is 9.68. The fourth-order valence-electron chi connectivity index (χ4n) is 4.00. The zero-order valence-electron chi connectivity index (χ0n) is 20.0. The Balaban J connectivity index is 1.79. The van der Waals surface area contributed by atoms with E-state index in [0.29, 0.717) is 43.5 Å². The summed E-state index contributed by atoms with van der Waals surface area (Å²) < 4.78 is 8.43. The molecule has 0 radical (unpaired) electrons. The van der Waals surface area contributed by atoms with E-state index in [2.05, 4.69) is 10.2 Å². The van der Waals surface area contributed by atoms with Crippen molar-refractivity contribution >= 4 is 35.0 Å². The highest BCUT2D eigenvalue weighted by molar-refractivity contribution is 5.82. The van der Waals surface area contributed by atoms with E-state index in [1.54, 1.807) is 11.9 Å². The molecule has 10 nitrogen and oxygen atoms in total. The molecule has 1 unspecified atom stereocenters. The summed E-state index contributed by atoms with van der Waals surface area (Å²) in [5.74, 6) is -0.178. The summed E-state index contributed by atoms with van der Waals surface area (Å²) in [5.41, 5.74) is 1.46. The molecule has 180 valence electrons. The predicted octanol–water partition coefficient (Wildman–Crippen LogP) is 1.66. The standard InChI is InChI=1S/C23H33N5O5/c1-23(2,3)33-22(32)27-12-10-26(11-13-27)16-6-8-18-19(14-16)25(5)21(31)28(18)17(15-29)7-9-20(30)24-4/h6,8,14-15,17H,7,9-13H2,1-5H3,(H,24,30). The maximum absolute atomic E-state index is 12.9. The van der Waals surface area contributed by atoms with Gasteiger partial charge in [-0.25, -0.2) is 9.59 Å². The Kier molecular flexibility index (Phi) is 7.14. The monoisotopic (exact) mass is 459 g/mol. The number of piperazine rings is 1. The van der Waals surface area contributed by atoms with Crippen molar-refractivity contribution in [3.8, 4) is 0 Å². The summed E-state index contributed by atoms with van der Waals surface area (Å²) in [5, 5.41) is 2.53. The van der Waals surface area contributed by atoms with Crippen LogP contribution in [0.4, 0.5) is 10.5 Å². The van der Waals surface area contributed by atoms with Gasteiger partial charge in [-0.2, -0.15) is 0 Å². The van der Waals surface area contributed by atoms with Gasteiger partial charge in [0.15, 0.2) is 0 Å². The summed E-state index contributed by atoms with van der Waals surface area (Å²) in [7, 11) is 3.21. The highest BCUT2D eigenvalue weighted by Crippen LogP contribution is 2.25. The smallest absolute Gasteiger partial charge is 0.410 e. The number of nitrogens with one attached hydrogen (secondary N) is 1. The average Bonchev–Trinajstić information content (AvgIpc) is 3.03. The summed E-state index contributed by atoms with van der Waals surface area (Å²) in [6.45, 7) is 7.91. The quantitative estimate of drug-likeness (QED) is 0.659. The molecule has 1 N–H and O–H groups in total. The molecule has 33 heavy (non-hydrogen) atoms. The average molecular weight is 460 g/mol. The van der Waals surface area contributed by atoms with E-state index in [1.165, 1.54) is 16.2 Å².